The molecule has 4 nitrogen and oxygen atoms in total. The number of nitrogens with two attached hydrogens (primary N) is 1. The van der Waals surface area contributed by atoms with Gasteiger partial charge < -0.3 is 20.7 Å². The Hall–Kier alpha value is -1.42. The van der Waals surface area contributed by atoms with E-state index in [1.54, 1.807) is 6.92 Å². The zero-order valence-corrected chi connectivity index (χ0v) is 7.61. The van der Waals surface area contributed by atoms with Gasteiger partial charge in [0.1, 0.15) is 5.75 Å². The van der Waals surface area contributed by atoms with Crippen molar-refractivity contribution in [2.24, 2.45) is 5.73 Å². The van der Waals surface area contributed by atoms with E-state index in [1.165, 1.54) is 19.2 Å². The topological polar surface area (TPSA) is 75.7 Å². The van der Waals surface area contributed by atoms with Crippen LogP contribution in [0.1, 0.15) is 18.5 Å². The maximum Gasteiger partial charge on any atom is 0.164 e. The molecule has 72 valence electrons. The van der Waals surface area contributed by atoms with Crippen molar-refractivity contribution in [1.82, 2.24) is 0 Å². The number of phenols is 2. The number of hydrogen-bond donors (Lipinski definition) is 3. The van der Waals surface area contributed by atoms with Crippen LogP contribution in [-0.2, 0) is 0 Å². The third-order valence-electron chi connectivity index (χ3n) is 1.82. The molecule has 0 aliphatic rings. The molecule has 0 amide bonds. The van der Waals surface area contributed by atoms with E-state index in [9.17, 15) is 10.2 Å². The highest BCUT2D eigenvalue weighted by atomic mass is 16.5. The van der Waals surface area contributed by atoms with Crippen molar-refractivity contribution in [3.05, 3.63) is 17.7 Å². The molecule has 0 aliphatic heterocycles. The fraction of sp³-hybridized carbons (Fsp3) is 0.333. The summed E-state index contributed by atoms with van der Waals surface area (Å²) in [6.45, 7) is 1.72. The Bertz CT molecular complexity index is 310. The molecule has 0 spiro atoms. The molecule has 0 radical (unpaired) electrons. The van der Waals surface area contributed by atoms with Crippen LogP contribution in [0.5, 0.6) is 17.2 Å². The smallest absolute Gasteiger partial charge is 0.164 e. The molecule has 0 unspecified atom stereocenters. The Labute approximate surface area is 76.6 Å². The van der Waals surface area contributed by atoms with Gasteiger partial charge in [0.25, 0.3) is 0 Å². The summed E-state index contributed by atoms with van der Waals surface area (Å²) in [4.78, 5) is 0. The van der Waals surface area contributed by atoms with E-state index in [2.05, 4.69) is 0 Å². The summed E-state index contributed by atoms with van der Waals surface area (Å²) in [5.41, 5.74) is 6.06. The molecule has 0 saturated heterocycles. The van der Waals surface area contributed by atoms with Crippen molar-refractivity contribution in [2.45, 2.75) is 13.0 Å². The maximum atomic E-state index is 9.45. The van der Waals surface area contributed by atoms with Crippen LogP contribution in [0.15, 0.2) is 12.1 Å². The van der Waals surface area contributed by atoms with E-state index in [-0.39, 0.29) is 23.3 Å². The third kappa shape index (κ3) is 1.84. The fourth-order valence-corrected chi connectivity index (χ4v) is 1.10. The third-order valence-corrected chi connectivity index (χ3v) is 1.82. The van der Waals surface area contributed by atoms with E-state index in [4.69, 9.17) is 10.5 Å². The normalized spacial score (nSPS) is 12.5. The molecule has 0 heterocycles. The molecule has 1 aromatic carbocycles. The van der Waals surface area contributed by atoms with Crippen LogP contribution in [0.25, 0.3) is 0 Å². The van der Waals surface area contributed by atoms with Crippen LogP contribution in [0, 0.1) is 0 Å². The lowest BCUT2D eigenvalue weighted by Gasteiger charge is -2.11. The maximum absolute atomic E-state index is 9.45. The van der Waals surface area contributed by atoms with E-state index >= 15 is 0 Å². The van der Waals surface area contributed by atoms with Crippen LogP contribution in [0.4, 0.5) is 0 Å². The molecule has 4 N–H and O–H groups in total. The molecule has 1 atom stereocenters. The van der Waals surface area contributed by atoms with E-state index < -0.39 is 0 Å². The highest BCUT2D eigenvalue weighted by molar-refractivity contribution is 5.50. The van der Waals surface area contributed by atoms with Crippen LogP contribution in [0.3, 0.4) is 0 Å². The largest absolute Gasteiger partial charge is 0.507 e. The van der Waals surface area contributed by atoms with Crippen LogP contribution >= 0.6 is 0 Å². The fourth-order valence-electron chi connectivity index (χ4n) is 1.10. The van der Waals surface area contributed by atoms with Gasteiger partial charge in [0, 0.05) is 17.7 Å². The first-order valence-corrected chi connectivity index (χ1v) is 3.91. The molecule has 1 aromatic rings. The first-order valence-electron chi connectivity index (χ1n) is 3.91. The van der Waals surface area contributed by atoms with Crippen molar-refractivity contribution in [3.8, 4) is 17.2 Å². The Morgan fingerprint density at radius 3 is 2.38 bits per heavy atom. The molecule has 0 aliphatic carbocycles. The summed E-state index contributed by atoms with van der Waals surface area (Å²) in [5, 5.41) is 18.8. The summed E-state index contributed by atoms with van der Waals surface area (Å²) >= 11 is 0. The highest BCUT2D eigenvalue weighted by Gasteiger charge is 2.11. The number of methoxy groups -OCH3 is 1. The minimum atomic E-state index is -0.322. The predicted molar refractivity (Wildman–Crippen MR) is 48.9 cm³/mol. The zero-order chi connectivity index (χ0) is 10.0. The lowest BCUT2D eigenvalue weighted by atomic mass is 10.1. The summed E-state index contributed by atoms with van der Waals surface area (Å²) in [6, 6.07) is 2.42. The number of benzene rings is 1. The standard InChI is InChI=1S/C9H13NO3/c1-5(10)6-3-8(12)9(13-2)4-7(6)11/h3-5,11-12H,10H2,1-2H3/t5-/m1/s1. The molecular weight excluding hydrogens is 170 g/mol. The summed E-state index contributed by atoms with van der Waals surface area (Å²) in [7, 11) is 1.42. The molecule has 13 heavy (non-hydrogen) atoms. The van der Waals surface area contributed by atoms with Gasteiger partial charge in [0.2, 0.25) is 0 Å². The quantitative estimate of drug-likeness (QED) is 0.601. The second-order valence-corrected chi connectivity index (χ2v) is 2.87. The van der Waals surface area contributed by atoms with Crippen LogP contribution in [-0.4, -0.2) is 17.3 Å². The first kappa shape index (κ1) is 9.67. The monoisotopic (exact) mass is 183 g/mol. The van der Waals surface area contributed by atoms with Crippen LogP contribution in [0.2, 0.25) is 0 Å². The highest BCUT2D eigenvalue weighted by Crippen LogP contribution is 2.35. The number of aromatic hydroxyl groups is 2. The Balaban J connectivity index is 3.20. The predicted octanol–water partition coefficient (Wildman–Crippen LogP) is 1.13. The summed E-state index contributed by atoms with van der Waals surface area (Å²) in [6.07, 6.45) is 0. The SMILES string of the molecule is COc1cc(O)c([C@@H](C)N)cc1O. The first-order chi connectivity index (χ1) is 6.06. The molecule has 1 rings (SSSR count). The van der Waals surface area contributed by atoms with Gasteiger partial charge in [-0.25, -0.2) is 0 Å². The summed E-state index contributed by atoms with van der Waals surface area (Å²) < 4.78 is 4.81. The molecule has 0 fully saturated rings. The van der Waals surface area contributed by atoms with Gasteiger partial charge in [-0.05, 0) is 13.0 Å². The van der Waals surface area contributed by atoms with Gasteiger partial charge in [-0.15, -0.1) is 0 Å². The number of ether oxygens (including phenoxy) is 1. The van der Waals surface area contributed by atoms with Crippen molar-refractivity contribution in [2.75, 3.05) is 7.11 Å². The number of hydrogen-bond acceptors (Lipinski definition) is 4. The van der Waals surface area contributed by atoms with Gasteiger partial charge in [0.15, 0.2) is 11.5 Å². The molecule has 0 bridgehead atoms. The Morgan fingerprint density at radius 2 is 1.92 bits per heavy atom. The average molecular weight is 183 g/mol. The minimum Gasteiger partial charge on any atom is -0.507 e. The van der Waals surface area contributed by atoms with Gasteiger partial charge in [-0.2, -0.15) is 0 Å². The second kappa shape index (κ2) is 3.53. The van der Waals surface area contributed by atoms with E-state index in [0.29, 0.717) is 5.56 Å². The molecule has 0 saturated carbocycles. The van der Waals surface area contributed by atoms with Crippen molar-refractivity contribution in [1.29, 1.82) is 0 Å². The average Bonchev–Trinajstić information content (AvgIpc) is 2.07. The number of phenolic OH excluding ortho intramolecular Hbond substituents is 2. The van der Waals surface area contributed by atoms with E-state index in [0.717, 1.165) is 0 Å². The lowest BCUT2D eigenvalue weighted by molar-refractivity contribution is 0.366. The van der Waals surface area contributed by atoms with E-state index in [1.807, 2.05) is 0 Å². The van der Waals surface area contributed by atoms with Gasteiger partial charge >= 0.3 is 0 Å². The van der Waals surface area contributed by atoms with Crippen molar-refractivity contribution < 1.29 is 14.9 Å². The molecular formula is C9H13NO3. The summed E-state index contributed by atoms with van der Waals surface area (Å²) in [5.74, 6) is 0.249. The van der Waals surface area contributed by atoms with Gasteiger partial charge in [-0.1, -0.05) is 0 Å². The van der Waals surface area contributed by atoms with Crippen LogP contribution < -0.4 is 10.5 Å². The molecule has 4 heteroatoms. The Kier molecular flexibility index (Phi) is 2.63. The van der Waals surface area contributed by atoms with Gasteiger partial charge in [-0.3, -0.25) is 0 Å². The lowest BCUT2D eigenvalue weighted by Crippen LogP contribution is -2.05. The van der Waals surface area contributed by atoms with Crippen molar-refractivity contribution in [3.63, 3.8) is 0 Å². The number of rotatable bonds is 2. The van der Waals surface area contributed by atoms with Gasteiger partial charge in [0.05, 0.1) is 7.11 Å². The zero-order valence-electron chi connectivity index (χ0n) is 7.61. The Morgan fingerprint density at radius 1 is 1.31 bits per heavy atom. The van der Waals surface area contributed by atoms with Crippen molar-refractivity contribution >= 4 is 0 Å². The minimum absolute atomic E-state index is 0.0207. The molecule has 0 aromatic heterocycles. The second-order valence-electron chi connectivity index (χ2n) is 2.87.